The Morgan fingerprint density at radius 2 is 1.56 bits per heavy atom. The number of nitrogens with zero attached hydrogens (tertiary/aromatic N) is 2. The highest BCUT2D eigenvalue weighted by Crippen LogP contribution is 2.58. The molecule has 0 bridgehead atoms. The standard InChI is InChI=1S/C39H43N3O7Si/c1-22-17-25-18-26-19-27-31(40)33-30(37(42-48-33)47-21-24-15-11-8-12-16-24)35(45)39(27,49-50(5,6)38(2,3)4)34(44)28(26)32(43)29(25)36(41-22)46-20-23-13-9-7-10-14-23/h7-17,26-27,31,44H,18-21,40H2,1-6H3/t26-,27-,31-,39?/m0/s1. The second-order valence-electron chi connectivity index (χ2n) is 15.2. The van der Waals surface area contributed by atoms with Crippen molar-refractivity contribution in [1.29, 1.82) is 0 Å². The molecule has 0 saturated heterocycles. The molecule has 3 N–H and O–H groups in total. The minimum Gasteiger partial charge on any atom is -0.508 e. The Hall–Kier alpha value is -4.58. The number of fused-ring (bicyclic) bond motifs is 4. The predicted octanol–water partition coefficient (Wildman–Crippen LogP) is 7.38. The van der Waals surface area contributed by atoms with Crippen LogP contribution in [-0.2, 0) is 24.1 Å². The molecule has 2 aromatic heterocycles. The van der Waals surface area contributed by atoms with Gasteiger partial charge in [-0.15, -0.1) is 0 Å². The molecule has 0 spiro atoms. The van der Waals surface area contributed by atoms with E-state index in [-0.39, 0.29) is 52.5 Å². The van der Waals surface area contributed by atoms with Gasteiger partial charge in [-0.05, 0) is 71.7 Å². The summed E-state index contributed by atoms with van der Waals surface area (Å²) < 4.78 is 25.1. The Balaban J connectivity index is 1.36. The molecule has 3 aliphatic carbocycles. The molecular formula is C39H43N3O7Si. The molecule has 50 heavy (non-hydrogen) atoms. The maximum absolute atomic E-state index is 15.1. The number of pyridine rings is 1. The van der Waals surface area contributed by atoms with E-state index in [2.05, 4.69) is 30.9 Å². The molecule has 260 valence electrons. The summed E-state index contributed by atoms with van der Waals surface area (Å²) in [7, 11) is -2.84. The zero-order valence-electron chi connectivity index (χ0n) is 29.3. The van der Waals surface area contributed by atoms with E-state index in [0.717, 1.165) is 16.7 Å². The van der Waals surface area contributed by atoms with Crippen LogP contribution in [0.1, 0.15) is 82.1 Å². The highest BCUT2D eigenvalue weighted by Gasteiger charge is 2.66. The average molecular weight is 694 g/mol. The van der Waals surface area contributed by atoms with Crippen molar-refractivity contribution in [1.82, 2.24) is 10.1 Å². The quantitative estimate of drug-likeness (QED) is 0.179. The smallest absolute Gasteiger partial charge is 0.265 e. The molecule has 4 aromatic rings. The number of allylic oxidation sites excluding steroid dienone is 1. The van der Waals surface area contributed by atoms with Crippen molar-refractivity contribution in [2.75, 3.05) is 0 Å². The first kappa shape index (κ1) is 33.9. The van der Waals surface area contributed by atoms with Crippen molar-refractivity contribution < 1.29 is 33.1 Å². The first-order valence-corrected chi connectivity index (χ1v) is 20.0. The van der Waals surface area contributed by atoms with Gasteiger partial charge in [-0.1, -0.05) is 81.4 Å². The lowest BCUT2D eigenvalue weighted by Gasteiger charge is -2.53. The third kappa shape index (κ3) is 5.48. The SMILES string of the molecule is Cc1cc2c(c(OCc3ccccc3)n1)C(=O)C1=C(O)C3(O[Si](C)(C)C(C)(C)C)C(=O)c4c(OCc5ccccc5)noc4[C@@H](N)[C@@H]3C[C@@H]1C2. The van der Waals surface area contributed by atoms with Gasteiger partial charge >= 0.3 is 0 Å². The van der Waals surface area contributed by atoms with E-state index in [1.165, 1.54) is 0 Å². The Bertz CT molecular complexity index is 2000. The number of ether oxygens (including phenoxy) is 2. The third-order valence-electron chi connectivity index (χ3n) is 10.9. The second kappa shape index (κ2) is 12.3. The van der Waals surface area contributed by atoms with Crippen LogP contribution in [0.3, 0.4) is 0 Å². The molecule has 3 aliphatic rings. The van der Waals surface area contributed by atoms with E-state index in [1.54, 1.807) is 0 Å². The van der Waals surface area contributed by atoms with Crippen molar-refractivity contribution in [3.63, 3.8) is 0 Å². The van der Waals surface area contributed by atoms with Gasteiger partial charge in [0.2, 0.25) is 11.7 Å². The number of aliphatic hydroxyl groups is 1. The first-order valence-electron chi connectivity index (χ1n) is 17.1. The summed E-state index contributed by atoms with van der Waals surface area (Å²) in [6, 6.07) is 20.1. The molecule has 11 heteroatoms. The predicted molar refractivity (Wildman–Crippen MR) is 189 cm³/mol. The number of hydrogen-bond acceptors (Lipinski definition) is 10. The minimum absolute atomic E-state index is 0.0295. The van der Waals surface area contributed by atoms with Gasteiger partial charge in [-0.25, -0.2) is 4.98 Å². The molecule has 2 heterocycles. The Morgan fingerprint density at radius 1 is 0.960 bits per heavy atom. The summed E-state index contributed by atoms with van der Waals surface area (Å²) >= 11 is 0. The van der Waals surface area contributed by atoms with Crippen LogP contribution >= 0.6 is 0 Å². The average Bonchev–Trinajstić information content (AvgIpc) is 3.50. The van der Waals surface area contributed by atoms with Crippen LogP contribution in [0.25, 0.3) is 0 Å². The monoisotopic (exact) mass is 693 g/mol. The molecule has 0 amide bonds. The van der Waals surface area contributed by atoms with Crippen LogP contribution in [0, 0.1) is 18.8 Å². The minimum atomic E-state index is -2.84. The van der Waals surface area contributed by atoms with E-state index in [4.69, 9.17) is 24.2 Å². The third-order valence-corrected chi connectivity index (χ3v) is 15.3. The fourth-order valence-electron chi connectivity index (χ4n) is 7.30. The van der Waals surface area contributed by atoms with Crippen LogP contribution in [0.5, 0.6) is 11.8 Å². The van der Waals surface area contributed by atoms with Gasteiger partial charge in [0.1, 0.15) is 24.5 Å². The van der Waals surface area contributed by atoms with E-state index in [0.29, 0.717) is 18.5 Å². The summed E-state index contributed by atoms with van der Waals surface area (Å²) in [5, 5.41) is 16.4. The van der Waals surface area contributed by atoms with Gasteiger partial charge in [0.25, 0.3) is 5.88 Å². The normalized spacial score (nSPS) is 23.1. The number of rotatable bonds is 8. The van der Waals surface area contributed by atoms with E-state index in [9.17, 15) is 9.90 Å². The molecule has 10 nitrogen and oxygen atoms in total. The van der Waals surface area contributed by atoms with Gasteiger partial charge in [-0.2, -0.15) is 0 Å². The van der Waals surface area contributed by atoms with E-state index >= 15 is 4.79 Å². The number of benzene rings is 2. The topological polar surface area (TPSA) is 147 Å². The summed E-state index contributed by atoms with van der Waals surface area (Å²) in [6.45, 7) is 12.4. The number of ketones is 2. The van der Waals surface area contributed by atoms with Gasteiger partial charge in [-0.3, -0.25) is 9.59 Å². The van der Waals surface area contributed by atoms with Crippen molar-refractivity contribution in [3.8, 4) is 11.8 Å². The van der Waals surface area contributed by atoms with Gasteiger partial charge < -0.3 is 29.3 Å². The van der Waals surface area contributed by atoms with Crippen molar-refractivity contribution in [3.05, 3.63) is 117 Å². The molecule has 2 aromatic carbocycles. The lowest BCUT2D eigenvalue weighted by Crippen LogP contribution is -2.64. The number of aromatic nitrogens is 2. The van der Waals surface area contributed by atoms with Crippen LogP contribution in [0.15, 0.2) is 82.6 Å². The molecular weight excluding hydrogens is 651 g/mol. The van der Waals surface area contributed by atoms with Gasteiger partial charge in [0.15, 0.2) is 25.5 Å². The number of aliphatic hydroxyl groups excluding tert-OH is 1. The summed E-state index contributed by atoms with van der Waals surface area (Å²) in [5.74, 6) is -2.24. The summed E-state index contributed by atoms with van der Waals surface area (Å²) in [6.07, 6.45) is 0.724. The highest BCUT2D eigenvalue weighted by atomic mass is 28.4. The first-order chi connectivity index (χ1) is 23.7. The van der Waals surface area contributed by atoms with Crippen molar-refractivity contribution in [2.24, 2.45) is 17.6 Å². The molecule has 1 unspecified atom stereocenters. The number of Topliss-reactive ketones (excluding diaryl/α,β-unsaturated/α-hetero) is 2. The molecule has 7 rings (SSSR count). The van der Waals surface area contributed by atoms with Crippen molar-refractivity contribution >= 4 is 19.9 Å². The maximum Gasteiger partial charge on any atom is 0.265 e. The largest absolute Gasteiger partial charge is 0.508 e. The summed E-state index contributed by atoms with van der Waals surface area (Å²) in [5.41, 5.74) is 8.76. The maximum atomic E-state index is 15.1. The number of hydrogen-bond donors (Lipinski definition) is 2. The molecule has 0 saturated carbocycles. The fourth-order valence-corrected chi connectivity index (χ4v) is 8.75. The van der Waals surface area contributed by atoms with Crippen LogP contribution < -0.4 is 15.2 Å². The Kier molecular flexibility index (Phi) is 8.36. The zero-order chi connectivity index (χ0) is 35.6. The number of nitrogens with two attached hydrogens (primary N) is 1. The van der Waals surface area contributed by atoms with Crippen molar-refractivity contribution in [2.45, 2.75) is 83.5 Å². The number of carbonyl (C=O) groups is 2. The second-order valence-corrected chi connectivity index (χ2v) is 19.9. The molecule has 0 radical (unpaired) electrons. The van der Waals surface area contributed by atoms with Gasteiger partial charge in [0.05, 0.1) is 11.6 Å². The lowest BCUT2D eigenvalue weighted by molar-refractivity contribution is -0.0273. The van der Waals surface area contributed by atoms with Crippen LogP contribution in [0.4, 0.5) is 0 Å². The number of carbonyl (C=O) groups excluding carboxylic acids is 2. The number of aryl methyl sites for hydroxylation is 1. The van der Waals surface area contributed by atoms with Crippen LogP contribution in [0.2, 0.25) is 18.1 Å². The van der Waals surface area contributed by atoms with Crippen LogP contribution in [-0.4, -0.2) is 40.7 Å². The van der Waals surface area contributed by atoms with E-state index in [1.807, 2.05) is 86.7 Å². The Labute approximate surface area is 292 Å². The van der Waals surface area contributed by atoms with E-state index < -0.39 is 49.1 Å². The van der Waals surface area contributed by atoms with Gasteiger partial charge in [0, 0.05) is 17.2 Å². The molecule has 0 aliphatic heterocycles. The highest BCUT2D eigenvalue weighted by molar-refractivity contribution is 6.74. The lowest BCUT2D eigenvalue weighted by atomic mass is 9.59. The Morgan fingerprint density at radius 3 is 2.16 bits per heavy atom. The molecule has 0 fully saturated rings. The summed E-state index contributed by atoms with van der Waals surface area (Å²) in [4.78, 5) is 34.5. The zero-order valence-corrected chi connectivity index (χ0v) is 30.3. The fraction of sp³-hybridized carbons (Fsp3) is 0.385. The molecule has 4 atom stereocenters.